The van der Waals surface area contributed by atoms with Crippen LogP contribution in [0.1, 0.15) is 35.6 Å². The van der Waals surface area contributed by atoms with Crippen LogP contribution in [0.3, 0.4) is 0 Å². The minimum atomic E-state index is -0.825. The SMILES string of the molecule is O=C(O)CCNCC(O)c1ccc2c(c1)CCC2. The highest BCUT2D eigenvalue weighted by Gasteiger charge is 2.14. The predicted molar refractivity (Wildman–Crippen MR) is 68.5 cm³/mol. The van der Waals surface area contributed by atoms with E-state index in [1.807, 2.05) is 6.07 Å². The van der Waals surface area contributed by atoms with Gasteiger partial charge in [-0.2, -0.15) is 0 Å². The number of aliphatic carboxylic acids is 1. The molecule has 0 saturated heterocycles. The van der Waals surface area contributed by atoms with Gasteiger partial charge in [0.25, 0.3) is 0 Å². The monoisotopic (exact) mass is 249 g/mol. The van der Waals surface area contributed by atoms with Crippen LogP contribution in [0.5, 0.6) is 0 Å². The Balaban J connectivity index is 1.85. The zero-order chi connectivity index (χ0) is 13.0. The number of carboxylic acid groups (broad SMARTS) is 1. The number of aliphatic hydroxyl groups is 1. The molecular weight excluding hydrogens is 230 g/mol. The van der Waals surface area contributed by atoms with Gasteiger partial charge in [0.2, 0.25) is 0 Å². The molecule has 0 radical (unpaired) electrons. The molecule has 4 nitrogen and oxygen atoms in total. The van der Waals surface area contributed by atoms with E-state index in [1.165, 1.54) is 17.5 Å². The van der Waals surface area contributed by atoms with Gasteiger partial charge < -0.3 is 15.5 Å². The van der Waals surface area contributed by atoms with Crippen molar-refractivity contribution in [2.75, 3.05) is 13.1 Å². The lowest BCUT2D eigenvalue weighted by molar-refractivity contribution is -0.136. The summed E-state index contributed by atoms with van der Waals surface area (Å²) in [7, 11) is 0. The van der Waals surface area contributed by atoms with Crippen molar-refractivity contribution < 1.29 is 15.0 Å². The second-order valence-electron chi connectivity index (χ2n) is 4.75. The Bertz CT molecular complexity index is 431. The van der Waals surface area contributed by atoms with Crippen molar-refractivity contribution in [1.29, 1.82) is 0 Å². The molecule has 2 rings (SSSR count). The minimum absolute atomic E-state index is 0.0803. The Labute approximate surface area is 107 Å². The topological polar surface area (TPSA) is 69.6 Å². The smallest absolute Gasteiger partial charge is 0.304 e. The Morgan fingerprint density at radius 1 is 1.33 bits per heavy atom. The molecular formula is C14H19NO3. The number of rotatable bonds is 6. The summed E-state index contributed by atoms with van der Waals surface area (Å²) in [5, 5.41) is 21.5. The summed E-state index contributed by atoms with van der Waals surface area (Å²) in [6, 6.07) is 6.14. The average Bonchev–Trinajstić information content (AvgIpc) is 2.81. The molecule has 1 atom stereocenters. The second kappa shape index (κ2) is 5.98. The number of aryl methyl sites for hydroxylation is 2. The van der Waals surface area contributed by atoms with E-state index in [0.29, 0.717) is 13.1 Å². The summed E-state index contributed by atoms with van der Waals surface area (Å²) in [5.74, 6) is -0.825. The summed E-state index contributed by atoms with van der Waals surface area (Å²) in [6.45, 7) is 0.781. The van der Waals surface area contributed by atoms with E-state index in [9.17, 15) is 9.90 Å². The number of carboxylic acids is 1. The molecule has 0 aliphatic heterocycles. The summed E-state index contributed by atoms with van der Waals surface area (Å²) < 4.78 is 0. The number of hydrogen-bond acceptors (Lipinski definition) is 3. The molecule has 0 aromatic heterocycles. The van der Waals surface area contributed by atoms with Crippen molar-refractivity contribution in [1.82, 2.24) is 5.32 Å². The molecule has 0 fully saturated rings. The third-order valence-corrected chi connectivity index (χ3v) is 3.36. The average molecular weight is 249 g/mol. The quantitative estimate of drug-likeness (QED) is 0.664. The van der Waals surface area contributed by atoms with Crippen LogP contribution in [0.2, 0.25) is 0 Å². The molecule has 1 aromatic carbocycles. The van der Waals surface area contributed by atoms with E-state index in [4.69, 9.17) is 5.11 Å². The van der Waals surface area contributed by atoms with Crippen LogP contribution in [-0.4, -0.2) is 29.3 Å². The van der Waals surface area contributed by atoms with Crippen molar-refractivity contribution in [2.45, 2.75) is 31.8 Å². The van der Waals surface area contributed by atoms with Gasteiger partial charge in [0.15, 0.2) is 0 Å². The van der Waals surface area contributed by atoms with Gasteiger partial charge >= 0.3 is 5.97 Å². The van der Waals surface area contributed by atoms with E-state index >= 15 is 0 Å². The van der Waals surface area contributed by atoms with E-state index in [2.05, 4.69) is 17.4 Å². The molecule has 3 N–H and O–H groups in total. The molecule has 18 heavy (non-hydrogen) atoms. The highest BCUT2D eigenvalue weighted by Crippen LogP contribution is 2.25. The lowest BCUT2D eigenvalue weighted by Gasteiger charge is -2.13. The molecule has 1 aliphatic carbocycles. The Morgan fingerprint density at radius 2 is 2.11 bits per heavy atom. The molecule has 0 amide bonds. The zero-order valence-electron chi connectivity index (χ0n) is 10.4. The van der Waals surface area contributed by atoms with Gasteiger partial charge in [-0.25, -0.2) is 0 Å². The summed E-state index contributed by atoms with van der Waals surface area (Å²) >= 11 is 0. The normalized spacial score (nSPS) is 15.4. The number of hydrogen-bond donors (Lipinski definition) is 3. The minimum Gasteiger partial charge on any atom is -0.481 e. The van der Waals surface area contributed by atoms with E-state index in [0.717, 1.165) is 18.4 Å². The first-order chi connectivity index (χ1) is 8.66. The van der Waals surface area contributed by atoms with Crippen LogP contribution in [0.4, 0.5) is 0 Å². The first-order valence-electron chi connectivity index (χ1n) is 6.39. The van der Waals surface area contributed by atoms with Crippen molar-refractivity contribution in [3.63, 3.8) is 0 Å². The third kappa shape index (κ3) is 3.31. The van der Waals surface area contributed by atoms with Gasteiger partial charge in [-0.1, -0.05) is 18.2 Å². The van der Waals surface area contributed by atoms with Crippen molar-refractivity contribution in [3.8, 4) is 0 Å². The molecule has 1 aromatic rings. The largest absolute Gasteiger partial charge is 0.481 e. The summed E-state index contributed by atoms with van der Waals surface area (Å²) in [4.78, 5) is 10.3. The number of fused-ring (bicyclic) bond motifs is 1. The van der Waals surface area contributed by atoms with E-state index in [1.54, 1.807) is 0 Å². The molecule has 0 spiro atoms. The van der Waals surface area contributed by atoms with Crippen molar-refractivity contribution in [2.24, 2.45) is 0 Å². The molecule has 0 heterocycles. The Morgan fingerprint density at radius 3 is 2.89 bits per heavy atom. The lowest BCUT2D eigenvalue weighted by atomic mass is 10.0. The van der Waals surface area contributed by atoms with Crippen LogP contribution in [0.15, 0.2) is 18.2 Å². The Kier molecular flexibility index (Phi) is 4.33. The first kappa shape index (κ1) is 13.1. The maximum Gasteiger partial charge on any atom is 0.304 e. The van der Waals surface area contributed by atoms with Gasteiger partial charge in [-0.3, -0.25) is 4.79 Å². The van der Waals surface area contributed by atoms with Crippen LogP contribution >= 0.6 is 0 Å². The van der Waals surface area contributed by atoms with Gasteiger partial charge in [-0.15, -0.1) is 0 Å². The van der Waals surface area contributed by atoms with Crippen LogP contribution < -0.4 is 5.32 Å². The van der Waals surface area contributed by atoms with Gasteiger partial charge in [-0.05, 0) is 36.0 Å². The first-order valence-corrected chi connectivity index (χ1v) is 6.39. The maximum absolute atomic E-state index is 10.3. The molecule has 1 unspecified atom stereocenters. The standard InChI is InChI=1S/C14H19NO3/c16-13(9-15-7-6-14(17)18)12-5-4-10-2-1-3-11(10)8-12/h4-5,8,13,15-16H,1-3,6-7,9H2,(H,17,18). The van der Waals surface area contributed by atoms with E-state index < -0.39 is 12.1 Å². The van der Waals surface area contributed by atoms with Gasteiger partial charge in [0.1, 0.15) is 0 Å². The molecule has 1 aliphatic rings. The molecule has 0 saturated carbocycles. The second-order valence-corrected chi connectivity index (χ2v) is 4.75. The Hall–Kier alpha value is -1.39. The summed E-state index contributed by atoms with van der Waals surface area (Å²) in [5.41, 5.74) is 3.65. The highest BCUT2D eigenvalue weighted by molar-refractivity contribution is 5.66. The number of carbonyl (C=O) groups is 1. The molecule has 98 valence electrons. The predicted octanol–water partition coefficient (Wildman–Crippen LogP) is 1.27. The van der Waals surface area contributed by atoms with Crippen LogP contribution in [0, 0.1) is 0 Å². The van der Waals surface area contributed by atoms with Crippen LogP contribution in [-0.2, 0) is 17.6 Å². The van der Waals surface area contributed by atoms with Crippen molar-refractivity contribution >= 4 is 5.97 Å². The van der Waals surface area contributed by atoms with E-state index in [-0.39, 0.29) is 6.42 Å². The van der Waals surface area contributed by atoms with Gasteiger partial charge in [0.05, 0.1) is 12.5 Å². The number of benzene rings is 1. The van der Waals surface area contributed by atoms with Crippen LogP contribution in [0.25, 0.3) is 0 Å². The van der Waals surface area contributed by atoms with Gasteiger partial charge in [0, 0.05) is 13.1 Å². The fourth-order valence-corrected chi connectivity index (χ4v) is 2.35. The molecule has 0 bridgehead atoms. The number of nitrogens with one attached hydrogen (secondary N) is 1. The maximum atomic E-state index is 10.3. The zero-order valence-corrected chi connectivity index (χ0v) is 10.4. The lowest BCUT2D eigenvalue weighted by Crippen LogP contribution is -2.24. The van der Waals surface area contributed by atoms with Crippen molar-refractivity contribution in [3.05, 3.63) is 34.9 Å². The third-order valence-electron chi connectivity index (χ3n) is 3.36. The fourth-order valence-electron chi connectivity index (χ4n) is 2.35. The number of aliphatic hydroxyl groups excluding tert-OH is 1. The molecule has 4 heteroatoms. The highest BCUT2D eigenvalue weighted by atomic mass is 16.4. The fraction of sp³-hybridized carbons (Fsp3) is 0.500. The summed E-state index contributed by atoms with van der Waals surface area (Å²) in [6.07, 6.45) is 2.96.